The molecule has 5 bridgehead atoms. The number of fused-ring (bicyclic) bond motifs is 5. The number of piperidine rings is 1. The zero-order valence-corrected chi connectivity index (χ0v) is 13.9. The molecule has 2 aliphatic carbocycles. The van der Waals surface area contributed by atoms with Crippen molar-refractivity contribution >= 4 is 11.6 Å². The van der Waals surface area contributed by atoms with Crippen molar-refractivity contribution in [3.05, 3.63) is 42.5 Å². The quantitative estimate of drug-likeness (QED) is 0.805. The Morgan fingerprint density at radius 2 is 2.25 bits per heavy atom. The van der Waals surface area contributed by atoms with Crippen molar-refractivity contribution in [1.82, 2.24) is 4.90 Å². The summed E-state index contributed by atoms with van der Waals surface area (Å²) in [4.78, 5) is 15.9. The SMILES string of the molecule is C=C[C@@]12CN(C)[C@H]3[C@@H]4CO[C@@H](C[C@H]41)[C@]1(C(=O)Nc4ccccc41)[C@H]32. The van der Waals surface area contributed by atoms with Gasteiger partial charge in [-0.15, -0.1) is 6.58 Å². The highest BCUT2D eigenvalue weighted by atomic mass is 16.5. The van der Waals surface area contributed by atoms with E-state index in [1.54, 1.807) is 0 Å². The van der Waals surface area contributed by atoms with E-state index in [2.05, 4.69) is 42.1 Å². The molecule has 1 amide bonds. The van der Waals surface area contributed by atoms with Crippen LogP contribution in [0.3, 0.4) is 0 Å². The van der Waals surface area contributed by atoms with Gasteiger partial charge >= 0.3 is 0 Å². The average molecular weight is 322 g/mol. The van der Waals surface area contributed by atoms with E-state index in [1.807, 2.05) is 12.1 Å². The van der Waals surface area contributed by atoms with Crippen LogP contribution in [0.4, 0.5) is 5.69 Å². The highest BCUT2D eigenvalue weighted by Gasteiger charge is 2.79. The first-order valence-electron chi connectivity index (χ1n) is 9.01. The second-order valence-electron chi connectivity index (χ2n) is 8.40. The molecule has 7 atom stereocenters. The molecule has 1 aromatic rings. The van der Waals surface area contributed by atoms with Crippen LogP contribution >= 0.6 is 0 Å². The smallest absolute Gasteiger partial charge is 0.238 e. The van der Waals surface area contributed by atoms with E-state index < -0.39 is 5.41 Å². The molecule has 0 unspecified atom stereocenters. The first kappa shape index (κ1) is 13.6. The molecular weight excluding hydrogens is 300 g/mol. The van der Waals surface area contributed by atoms with Crippen molar-refractivity contribution in [3.63, 3.8) is 0 Å². The Bertz CT molecular complexity index is 792. The van der Waals surface area contributed by atoms with Crippen molar-refractivity contribution < 1.29 is 9.53 Å². The number of nitrogens with one attached hydrogen (secondary N) is 1. The highest BCUT2D eigenvalue weighted by molar-refractivity contribution is 6.07. The van der Waals surface area contributed by atoms with Gasteiger partial charge in [0.25, 0.3) is 0 Å². The number of nitrogens with zero attached hydrogens (tertiary/aromatic N) is 1. The zero-order chi connectivity index (χ0) is 16.3. The van der Waals surface area contributed by atoms with Gasteiger partial charge in [-0.2, -0.15) is 0 Å². The van der Waals surface area contributed by atoms with E-state index in [4.69, 9.17) is 4.74 Å². The van der Waals surface area contributed by atoms with Crippen LogP contribution in [0.1, 0.15) is 12.0 Å². The van der Waals surface area contributed by atoms with Gasteiger partial charge in [-0.05, 0) is 31.0 Å². The van der Waals surface area contributed by atoms with Crippen LogP contribution in [0.5, 0.6) is 0 Å². The van der Waals surface area contributed by atoms with Gasteiger partial charge in [-0.25, -0.2) is 0 Å². The van der Waals surface area contributed by atoms with Crippen molar-refractivity contribution in [3.8, 4) is 0 Å². The topological polar surface area (TPSA) is 41.6 Å². The van der Waals surface area contributed by atoms with E-state index in [9.17, 15) is 4.79 Å². The van der Waals surface area contributed by atoms with Gasteiger partial charge in [-0.3, -0.25) is 4.79 Å². The lowest BCUT2D eigenvalue weighted by Crippen LogP contribution is -2.62. The number of carbonyl (C=O) groups is 1. The maximum Gasteiger partial charge on any atom is 0.238 e. The summed E-state index contributed by atoms with van der Waals surface area (Å²) in [7, 11) is 2.21. The number of likely N-dealkylation sites (tertiary alicyclic amines) is 1. The molecule has 6 rings (SSSR count). The van der Waals surface area contributed by atoms with Crippen LogP contribution in [-0.2, 0) is 14.9 Å². The predicted molar refractivity (Wildman–Crippen MR) is 90.6 cm³/mol. The van der Waals surface area contributed by atoms with Crippen molar-refractivity contribution in [2.75, 3.05) is 25.5 Å². The number of amides is 1. The third-order valence-corrected chi connectivity index (χ3v) is 7.93. The molecule has 3 heterocycles. The van der Waals surface area contributed by atoms with Crippen molar-refractivity contribution in [2.45, 2.75) is 24.0 Å². The maximum atomic E-state index is 13.4. The minimum atomic E-state index is -0.554. The van der Waals surface area contributed by atoms with E-state index >= 15 is 0 Å². The fourth-order valence-corrected chi connectivity index (χ4v) is 7.38. The number of anilines is 1. The normalized spacial score (nSPS) is 50.4. The van der Waals surface area contributed by atoms with E-state index in [1.165, 1.54) is 0 Å². The minimum Gasteiger partial charge on any atom is -0.376 e. The summed E-state index contributed by atoms with van der Waals surface area (Å²) in [5.41, 5.74) is 1.61. The van der Waals surface area contributed by atoms with Crippen LogP contribution in [0, 0.1) is 23.2 Å². The minimum absolute atomic E-state index is 0.00280. The van der Waals surface area contributed by atoms with Gasteiger partial charge in [0.1, 0.15) is 5.41 Å². The summed E-state index contributed by atoms with van der Waals surface area (Å²) < 4.78 is 6.34. The maximum absolute atomic E-state index is 13.4. The summed E-state index contributed by atoms with van der Waals surface area (Å²) in [5.74, 6) is 1.56. The molecule has 4 heteroatoms. The number of para-hydroxylation sites is 1. The number of hydrogen-bond acceptors (Lipinski definition) is 3. The molecule has 3 aliphatic heterocycles. The number of benzene rings is 1. The number of hydrogen-bond donors (Lipinski definition) is 1. The largest absolute Gasteiger partial charge is 0.376 e. The molecule has 4 nitrogen and oxygen atoms in total. The molecule has 4 fully saturated rings. The lowest BCUT2D eigenvalue weighted by atomic mass is 9.51. The predicted octanol–water partition coefficient (Wildman–Crippen LogP) is 2.03. The Morgan fingerprint density at radius 1 is 1.42 bits per heavy atom. The summed E-state index contributed by atoms with van der Waals surface area (Å²) in [6.45, 7) is 6.06. The first-order chi connectivity index (χ1) is 11.6. The van der Waals surface area contributed by atoms with Crippen LogP contribution in [0.2, 0.25) is 0 Å². The Balaban J connectivity index is 1.69. The molecule has 1 spiro atoms. The van der Waals surface area contributed by atoms with Crippen LogP contribution in [0.15, 0.2) is 36.9 Å². The second kappa shape index (κ2) is 3.94. The van der Waals surface area contributed by atoms with Crippen LogP contribution < -0.4 is 5.32 Å². The second-order valence-corrected chi connectivity index (χ2v) is 8.40. The fraction of sp³-hybridized carbons (Fsp3) is 0.550. The molecule has 124 valence electrons. The van der Waals surface area contributed by atoms with Crippen LogP contribution in [0.25, 0.3) is 0 Å². The highest BCUT2D eigenvalue weighted by Crippen LogP contribution is 2.73. The van der Waals surface area contributed by atoms with Gasteiger partial charge < -0.3 is 15.0 Å². The number of carbonyl (C=O) groups excluding carboxylic acids is 1. The van der Waals surface area contributed by atoms with Gasteiger partial charge in [0.05, 0.1) is 12.7 Å². The number of ether oxygens (including phenoxy) is 1. The summed E-state index contributed by atoms with van der Waals surface area (Å²) in [6.07, 6.45) is 3.17. The van der Waals surface area contributed by atoms with Crippen molar-refractivity contribution in [1.29, 1.82) is 0 Å². The molecular formula is C20H22N2O2. The van der Waals surface area contributed by atoms with E-state index in [-0.39, 0.29) is 23.3 Å². The van der Waals surface area contributed by atoms with Gasteiger partial charge in [0.15, 0.2) is 0 Å². The van der Waals surface area contributed by atoms with E-state index in [0.717, 1.165) is 30.8 Å². The van der Waals surface area contributed by atoms with Gasteiger partial charge in [0, 0.05) is 35.5 Å². The standard InChI is InChI=1S/C20H22N2O2/c1-3-19-10-22(2)16-11-9-24-15(8-13(11)19)20(17(16)19)12-6-4-5-7-14(12)21-18(20)23/h3-7,11,13,15-17H,1,8-10H2,2H3,(H,21,23)/t11-,13-,15+,16+,17-,19-,20+/m1/s1. The lowest BCUT2D eigenvalue weighted by molar-refractivity contribution is -0.153. The molecule has 1 N–H and O–H groups in total. The molecule has 0 radical (unpaired) electrons. The third-order valence-electron chi connectivity index (χ3n) is 7.93. The lowest BCUT2D eigenvalue weighted by Gasteiger charge is -2.54. The fourth-order valence-electron chi connectivity index (χ4n) is 7.38. The Labute approximate surface area is 141 Å². The molecule has 24 heavy (non-hydrogen) atoms. The Kier molecular flexibility index (Phi) is 2.24. The van der Waals surface area contributed by atoms with Gasteiger partial charge in [-0.1, -0.05) is 24.3 Å². The Hall–Kier alpha value is -1.65. The molecule has 2 saturated carbocycles. The first-order valence-corrected chi connectivity index (χ1v) is 9.01. The van der Waals surface area contributed by atoms with Crippen molar-refractivity contribution in [2.24, 2.45) is 23.2 Å². The third kappa shape index (κ3) is 1.12. The molecule has 5 aliphatic rings. The summed E-state index contributed by atoms with van der Waals surface area (Å²) in [6, 6.07) is 8.64. The monoisotopic (exact) mass is 322 g/mol. The Morgan fingerprint density at radius 3 is 3.08 bits per heavy atom. The number of rotatable bonds is 1. The summed E-state index contributed by atoms with van der Waals surface area (Å²) in [5, 5.41) is 3.18. The molecule has 1 aromatic carbocycles. The van der Waals surface area contributed by atoms with Gasteiger partial charge in [0.2, 0.25) is 5.91 Å². The van der Waals surface area contributed by atoms with E-state index in [0.29, 0.717) is 17.9 Å². The average Bonchev–Trinajstić information content (AvgIpc) is 3.08. The summed E-state index contributed by atoms with van der Waals surface area (Å²) >= 11 is 0. The zero-order valence-electron chi connectivity index (χ0n) is 13.9. The molecule has 0 aromatic heterocycles. The molecule has 2 saturated heterocycles. The van der Waals surface area contributed by atoms with Crippen LogP contribution in [-0.4, -0.2) is 43.2 Å².